The van der Waals surface area contributed by atoms with E-state index in [9.17, 15) is 4.79 Å². The second kappa shape index (κ2) is 13.0. The van der Waals surface area contributed by atoms with Crippen LogP contribution in [-0.2, 0) is 11.4 Å². The molecule has 2 aromatic heterocycles. The highest BCUT2D eigenvalue weighted by atomic mass is 16.5. The van der Waals surface area contributed by atoms with Gasteiger partial charge in [0.25, 0.3) is 0 Å². The summed E-state index contributed by atoms with van der Waals surface area (Å²) in [5.74, 6) is 3.28. The molecule has 0 aliphatic heterocycles. The van der Waals surface area contributed by atoms with Crippen molar-refractivity contribution in [2.75, 3.05) is 37.7 Å². The molecule has 0 saturated carbocycles. The average Bonchev–Trinajstić information content (AvgIpc) is 2.98. The summed E-state index contributed by atoms with van der Waals surface area (Å²) in [6.07, 6.45) is 11.1. The predicted molar refractivity (Wildman–Crippen MR) is 153 cm³/mol. The third-order valence-corrected chi connectivity index (χ3v) is 5.35. The summed E-state index contributed by atoms with van der Waals surface area (Å²) in [6.45, 7) is -3.90. The van der Waals surface area contributed by atoms with E-state index in [2.05, 4.69) is 31.5 Å². The summed E-state index contributed by atoms with van der Waals surface area (Å²) in [5.41, 5.74) is 2.73. The minimum atomic E-state index is -2.87. The molecule has 1 amide bonds. The van der Waals surface area contributed by atoms with Crippen molar-refractivity contribution in [3.63, 3.8) is 0 Å². The molecule has 0 unspecified atom stereocenters. The van der Waals surface area contributed by atoms with E-state index in [4.69, 9.17) is 24.1 Å². The number of rotatable bonds is 11. The van der Waals surface area contributed by atoms with Crippen LogP contribution in [0.1, 0.15) is 26.4 Å². The number of terminal acetylenes is 1. The third kappa shape index (κ3) is 7.31. The number of carbonyl (C=O) groups excluding carboxylic acids is 1. The molecule has 4 rings (SSSR count). The first kappa shape index (κ1) is 20.1. The maximum absolute atomic E-state index is 12.8. The Bertz CT molecular complexity index is 1710. The van der Waals surface area contributed by atoms with Crippen molar-refractivity contribution in [1.29, 1.82) is 0 Å². The first-order valence-corrected chi connectivity index (χ1v) is 12.0. The summed E-state index contributed by atoms with van der Waals surface area (Å²) in [4.78, 5) is 26.1. The molecule has 0 atom stereocenters. The number of benzene rings is 2. The summed E-state index contributed by atoms with van der Waals surface area (Å²) < 4.78 is 56.3. The van der Waals surface area contributed by atoms with E-state index in [-0.39, 0.29) is 6.61 Å². The predicted octanol–water partition coefficient (Wildman–Crippen LogP) is 4.78. The van der Waals surface area contributed by atoms with Crippen LogP contribution in [0.3, 0.4) is 0 Å². The SMILES string of the molecule is [2H]C([2H])([2H])N(CC=CC(=O)Nc1cc2c(Nc3ccc(OCc4ccccn4)c(C#C)c3)ncnc2cc1OCC)C([2H])([2H])[2H]. The van der Waals surface area contributed by atoms with Crippen LogP contribution >= 0.6 is 0 Å². The number of fused-ring (bicyclic) bond motifs is 1. The number of ether oxygens (including phenoxy) is 2. The van der Waals surface area contributed by atoms with E-state index in [1.165, 1.54) is 12.4 Å². The van der Waals surface area contributed by atoms with E-state index in [0.29, 0.717) is 56.7 Å². The van der Waals surface area contributed by atoms with Gasteiger partial charge in [-0.15, -0.1) is 6.42 Å². The second-order valence-corrected chi connectivity index (χ2v) is 8.11. The van der Waals surface area contributed by atoms with Crippen LogP contribution < -0.4 is 20.1 Å². The fourth-order valence-electron chi connectivity index (χ4n) is 3.61. The van der Waals surface area contributed by atoms with Crippen LogP contribution in [0.2, 0.25) is 0 Å². The monoisotopic (exact) mass is 528 g/mol. The molecular formula is C30H30N6O3. The molecule has 39 heavy (non-hydrogen) atoms. The molecule has 2 N–H and O–H groups in total. The van der Waals surface area contributed by atoms with Gasteiger partial charge in [-0.1, -0.05) is 18.1 Å². The van der Waals surface area contributed by atoms with E-state index in [1.807, 2.05) is 18.2 Å². The van der Waals surface area contributed by atoms with Crippen molar-refractivity contribution < 1.29 is 22.5 Å². The number of pyridine rings is 1. The van der Waals surface area contributed by atoms with Gasteiger partial charge < -0.3 is 25.0 Å². The van der Waals surface area contributed by atoms with Crippen molar-refractivity contribution in [1.82, 2.24) is 19.9 Å². The normalized spacial score (nSPS) is 13.9. The number of hydrogen-bond donors (Lipinski definition) is 2. The summed E-state index contributed by atoms with van der Waals surface area (Å²) in [5, 5.41) is 6.49. The van der Waals surface area contributed by atoms with Gasteiger partial charge in [0.2, 0.25) is 5.91 Å². The summed E-state index contributed by atoms with van der Waals surface area (Å²) in [7, 11) is 0. The van der Waals surface area contributed by atoms with Gasteiger partial charge >= 0.3 is 0 Å². The quantitative estimate of drug-likeness (QED) is 0.212. The second-order valence-electron chi connectivity index (χ2n) is 8.11. The zero-order chi connectivity index (χ0) is 32.6. The lowest BCUT2D eigenvalue weighted by Gasteiger charge is -2.15. The molecule has 2 aromatic carbocycles. The Hall–Kier alpha value is -4.94. The van der Waals surface area contributed by atoms with Crippen molar-refractivity contribution in [2.45, 2.75) is 13.5 Å². The number of likely N-dealkylation sites (N-methyl/N-ethyl adjacent to an activating group) is 1. The largest absolute Gasteiger partial charge is 0.492 e. The number of nitrogens with zero attached hydrogens (tertiary/aromatic N) is 4. The number of amides is 1. The van der Waals surface area contributed by atoms with Crippen molar-refractivity contribution >= 4 is 34.0 Å². The lowest BCUT2D eigenvalue weighted by molar-refractivity contribution is -0.111. The van der Waals surface area contributed by atoms with Crippen LogP contribution in [0, 0.1) is 12.3 Å². The zero-order valence-corrected chi connectivity index (χ0v) is 21.1. The van der Waals surface area contributed by atoms with Gasteiger partial charge in [-0.2, -0.15) is 0 Å². The van der Waals surface area contributed by atoms with E-state index >= 15 is 0 Å². The Morgan fingerprint density at radius 2 is 2.03 bits per heavy atom. The van der Waals surface area contributed by atoms with Crippen LogP contribution in [0.25, 0.3) is 10.9 Å². The molecule has 0 bridgehead atoms. The fraction of sp³-hybridized carbons (Fsp3) is 0.200. The van der Waals surface area contributed by atoms with Crippen molar-refractivity contribution in [2.24, 2.45) is 0 Å². The lowest BCUT2D eigenvalue weighted by atomic mass is 10.1. The number of aromatic nitrogens is 3. The molecule has 0 saturated heterocycles. The Labute approximate surface area is 236 Å². The molecule has 0 fully saturated rings. The van der Waals surface area contributed by atoms with Crippen molar-refractivity contribution in [3.8, 4) is 23.8 Å². The number of anilines is 3. The molecule has 0 spiro atoms. The molecule has 2 heterocycles. The van der Waals surface area contributed by atoms with Gasteiger partial charge in [-0.3, -0.25) is 9.78 Å². The van der Waals surface area contributed by atoms with Gasteiger partial charge in [0, 0.05) is 44.2 Å². The molecular weight excluding hydrogens is 492 g/mol. The standard InChI is InChI=1S/C30H30N6O3/c1-5-21-16-22(12-13-27(21)39-19-23-10-7-8-14-31-23)34-30-24-17-26(35-29(37)11-9-15-36(3)4)28(38-6-2)18-25(24)32-20-33-30/h1,7-14,16-18,20H,6,15,19H2,2-4H3,(H,35,37)(H,32,33,34)/i3D3,4D3. The van der Waals surface area contributed by atoms with Gasteiger partial charge in [0.15, 0.2) is 0 Å². The highest BCUT2D eigenvalue weighted by molar-refractivity contribution is 6.03. The topological polar surface area (TPSA) is 102 Å². The summed E-state index contributed by atoms with van der Waals surface area (Å²) in [6, 6.07) is 14.1. The first-order valence-electron chi connectivity index (χ1n) is 15.0. The van der Waals surface area contributed by atoms with E-state index in [0.717, 1.165) is 11.8 Å². The smallest absolute Gasteiger partial charge is 0.248 e. The van der Waals surface area contributed by atoms with E-state index < -0.39 is 26.4 Å². The third-order valence-electron chi connectivity index (χ3n) is 5.35. The molecule has 0 radical (unpaired) electrons. The Morgan fingerprint density at radius 3 is 2.79 bits per heavy atom. The van der Waals surface area contributed by atoms with Crippen LogP contribution in [-0.4, -0.2) is 52.9 Å². The van der Waals surface area contributed by atoms with Gasteiger partial charge in [0.1, 0.15) is 30.3 Å². The van der Waals surface area contributed by atoms with Crippen molar-refractivity contribution in [3.05, 3.63) is 84.5 Å². The Kier molecular flexibility index (Phi) is 6.71. The Morgan fingerprint density at radius 1 is 1.13 bits per heavy atom. The van der Waals surface area contributed by atoms with Crippen LogP contribution in [0.15, 0.2) is 73.2 Å². The fourth-order valence-corrected chi connectivity index (χ4v) is 3.61. The first-order chi connectivity index (χ1) is 21.4. The molecule has 4 aromatic rings. The average molecular weight is 529 g/mol. The summed E-state index contributed by atoms with van der Waals surface area (Å²) >= 11 is 0. The highest BCUT2D eigenvalue weighted by Gasteiger charge is 2.14. The lowest BCUT2D eigenvalue weighted by Crippen LogP contribution is -2.13. The van der Waals surface area contributed by atoms with Crippen LogP contribution in [0.5, 0.6) is 11.5 Å². The Balaban J connectivity index is 1.56. The number of nitrogens with one attached hydrogen (secondary N) is 2. The highest BCUT2D eigenvalue weighted by Crippen LogP contribution is 2.34. The molecule has 0 aliphatic carbocycles. The maximum Gasteiger partial charge on any atom is 0.248 e. The number of hydrogen-bond acceptors (Lipinski definition) is 8. The van der Waals surface area contributed by atoms with E-state index in [1.54, 1.807) is 43.5 Å². The van der Waals surface area contributed by atoms with Gasteiger partial charge in [0.05, 0.1) is 29.1 Å². The van der Waals surface area contributed by atoms with Gasteiger partial charge in [-0.25, -0.2) is 9.97 Å². The molecule has 0 aliphatic rings. The van der Waals surface area contributed by atoms with Crippen LogP contribution in [0.4, 0.5) is 17.2 Å². The minimum absolute atomic E-state index is 0.252. The maximum atomic E-state index is 12.8. The molecule has 198 valence electrons. The minimum Gasteiger partial charge on any atom is -0.492 e. The molecule has 9 nitrogen and oxygen atoms in total. The molecule has 9 heteroatoms. The zero-order valence-electron chi connectivity index (χ0n) is 27.1. The number of carbonyl (C=O) groups is 1. The van der Waals surface area contributed by atoms with Gasteiger partial charge in [-0.05, 0) is 57.3 Å².